The first kappa shape index (κ1) is 13.4. The highest BCUT2D eigenvalue weighted by Gasteiger charge is 2.20. The number of hydrogen-bond acceptors (Lipinski definition) is 6. The fourth-order valence-electron chi connectivity index (χ4n) is 0.796. The maximum absolute atomic E-state index is 10.5. The molecule has 0 aromatic rings. The lowest BCUT2D eigenvalue weighted by molar-refractivity contribution is -0.138. The second kappa shape index (κ2) is 7.81. The van der Waals surface area contributed by atoms with Crippen LogP contribution in [0.3, 0.4) is 0 Å². The van der Waals surface area contributed by atoms with Gasteiger partial charge in [0, 0.05) is 5.25 Å². The number of carbonyl (C=O) groups is 1. The molecule has 6 nitrogen and oxygen atoms in total. The van der Waals surface area contributed by atoms with Gasteiger partial charge in [-0.2, -0.15) is 0 Å². The predicted molar refractivity (Wildman–Crippen MR) is 57.3 cm³/mol. The Labute approximate surface area is 89.6 Å². The molecule has 0 heterocycles. The molecule has 0 amide bonds. The molecule has 0 aromatic heterocycles. The average Bonchev–Trinajstić information content (AvgIpc) is 2.14. The Balaban J connectivity index is 4.06. The van der Waals surface area contributed by atoms with Gasteiger partial charge in [0.05, 0.1) is 0 Å². The summed E-state index contributed by atoms with van der Waals surface area (Å²) in [5.74, 6) is -1.01. The molecule has 0 aliphatic heterocycles. The highest BCUT2D eigenvalue weighted by Crippen LogP contribution is 2.26. The standard InChI is InChI=1S/C6H12N4O2S2/c1-13-14-4(3-9-10-8)2-5(7)6(11)12/h4-5,8H,2-3,7H2,1H3/p+1/t4?,5-/m0/s1. The Morgan fingerprint density at radius 1 is 1.79 bits per heavy atom. The molecule has 0 fully saturated rings. The summed E-state index contributed by atoms with van der Waals surface area (Å²) in [6.07, 6.45) is 2.22. The maximum Gasteiger partial charge on any atom is 0.320 e. The van der Waals surface area contributed by atoms with Crippen molar-refractivity contribution in [1.29, 1.82) is 5.53 Å². The fraction of sp³-hybridized carbons (Fsp3) is 0.833. The minimum atomic E-state index is -1.01. The first-order valence-electron chi connectivity index (χ1n) is 3.82. The summed E-state index contributed by atoms with van der Waals surface area (Å²) in [4.78, 5) is 13.4. The van der Waals surface area contributed by atoms with Crippen LogP contribution in [0.25, 0.3) is 0 Å². The molecule has 0 saturated heterocycles. The predicted octanol–water partition coefficient (Wildman–Crippen LogP) is 0.719. The molecule has 0 saturated carbocycles. The zero-order valence-electron chi connectivity index (χ0n) is 7.71. The van der Waals surface area contributed by atoms with Crippen LogP contribution in [0.2, 0.25) is 0 Å². The Bertz CT molecular complexity index is 232. The van der Waals surface area contributed by atoms with Gasteiger partial charge in [0.15, 0.2) is 0 Å². The number of aliphatic carboxylic acids is 1. The molecule has 0 aliphatic carbocycles. The van der Waals surface area contributed by atoms with Crippen LogP contribution in [0.1, 0.15) is 6.42 Å². The monoisotopic (exact) mass is 237 g/mol. The minimum absolute atomic E-state index is 0.00907. The Kier molecular flexibility index (Phi) is 7.50. The second-order valence-electron chi connectivity index (χ2n) is 2.49. The molecule has 0 rings (SSSR count). The van der Waals surface area contributed by atoms with Gasteiger partial charge in [-0.3, -0.25) is 4.79 Å². The summed E-state index contributed by atoms with van der Waals surface area (Å²) < 4.78 is 0. The van der Waals surface area contributed by atoms with E-state index in [1.54, 1.807) is 0 Å². The number of rotatable bonds is 7. The summed E-state index contributed by atoms with van der Waals surface area (Å²) >= 11 is 0. The van der Waals surface area contributed by atoms with E-state index in [-0.39, 0.29) is 5.25 Å². The van der Waals surface area contributed by atoms with Crippen molar-refractivity contribution in [2.45, 2.75) is 17.7 Å². The third-order valence-electron chi connectivity index (χ3n) is 1.42. The molecule has 0 spiro atoms. The van der Waals surface area contributed by atoms with Crippen LogP contribution >= 0.6 is 21.6 Å². The molecule has 0 bridgehead atoms. The lowest BCUT2D eigenvalue weighted by atomic mass is 10.2. The van der Waals surface area contributed by atoms with E-state index in [0.717, 1.165) is 0 Å². The van der Waals surface area contributed by atoms with Crippen molar-refractivity contribution in [3.05, 3.63) is 0 Å². The van der Waals surface area contributed by atoms with E-state index in [9.17, 15) is 4.79 Å². The van der Waals surface area contributed by atoms with Gasteiger partial charge in [-0.05, 0) is 12.7 Å². The second-order valence-corrected chi connectivity index (χ2v) is 5.26. The van der Waals surface area contributed by atoms with Crippen molar-refractivity contribution in [3.63, 3.8) is 0 Å². The molecule has 80 valence electrons. The number of nitrogens with one attached hydrogen (secondary N) is 1. The lowest BCUT2D eigenvalue weighted by Gasteiger charge is -2.12. The van der Waals surface area contributed by atoms with E-state index in [0.29, 0.717) is 13.0 Å². The van der Waals surface area contributed by atoms with E-state index in [1.807, 2.05) is 6.26 Å². The van der Waals surface area contributed by atoms with Crippen LogP contribution in [0.15, 0.2) is 5.11 Å². The topological polar surface area (TPSA) is 114 Å². The van der Waals surface area contributed by atoms with Crippen molar-refractivity contribution in [2.24, 2.45) is 10.8 Å². The zero-order chi connectivity index (χ0) is 11.0. The van der Waals surface area contributed by atoms with Gasteiger partial charge in [0.2, 0.25) is 4.91 Å². The number of nitrogens with two attached hydrogens (primary N) is 1. The van der Waals surface area contributed by atoms with Gasteiger partial charge < -0.3 is 10.8 Å². The Hall–Kier alpha value is -0.560. The normalized spacial score (nSPS) is 14.1. The molecule has 0 aromatic carbocycles. The summed E-state index contributed by atoms with van der Waals surface area (Å²) in [6.45, 7) is 0.329. The summed E-state index contributed by atoms with van der Waals surface area (Å²) in [6, 6.07) is -0.874. The van der Waals surface area contributed by atoms with E-state index in [1.165, 1.54) is 21.6 Å². The van der Waals surface area contributed by atoms with Gasteiger partial charge in [0.1, 0.15) is 23.2 Å². The van der Waals surface area contributed by atoms with Gasteiger partial charge in [0.25, 0.3) is 0 Å². The molecule has 1 unspecified atom stereocenters. The fourth-order valence-corrected chi connectivity index (χ4v) is 2.72. The number of carboxylic acids is 1. The maximum atomic E-state index is 10.5. The van der Waals surface area contributed by atoms with Crippen molar-refractivity contribution in [3.8, 4) is 0 Å². The molecule has 4 N–H and O–H groups in total. The van der Waals surface area contributed by atoms with Gasteiger partial charge in [-0.25, -0.2) is 0 Å². The summed E-state index contributed by atoms with van der Waals surface area (Å²) in [5, 5.41) is 12.1. The Morgan fingerprint density at radius 3 is 2.86 bits per heavy atom. The van der Waals surface area contributed by atoms with Crippen LogP contribution in [0, 0.1) is 5.53 Å². The third-order valence-corrected chi connectivity index (χ3v) is 3.62. The van der Waals surface area contributed by atoms with Crippen molar-refractivity contribution in [2.75, 3.05) is 12.8 Å². The van der Waals surface area contributed by atoms with Crippen LogP contribution in [0.5, 0.6) is 0 Å². The molecule has 8 heteroatoms. The number of carboxylic acid groups (broad SMARTS) is 1. The van der Waals surface area contributed by atoms with Crippen LogP contribution in [-0.2, 0) is 4.79 Å². The third kappa shape index (κ3) is 5.98. The van der Waals surface area contributed by atoms with Gasteiger partial charge >= 0.3 is 5.97 Å². The smallest absolute Gasteiger partial charge is 0.320 e. The zero-order valence-corrected chi connectivity index (χ0v) is 9.35. The molecular weight excluding hydrogens is 224 g/mol. The number of hydrogen-bond donors (Lipinski definition) is 3. The minimum Gasteiger partial charge on any atom is -0.480 e. The SMILES string of the molecule is CSSC(CN=[N+]=N)C[C@H](N)C(=O)O. The van der Waals surface area contributed by atoms with Crippen molar-refractivity contribution < 1.29 is 9.90 Å². The van der Waals surface area contributed by atoms with Crippen molar-refractivity contribution >= 4 is 27.6 Å². The van der Waals surface area contributed by atoms with E-state index < -0.39 is 12.0 Å². The molecule has 14 heavy (non-hydrogen) atoms. The highest BCUT2D eigenvalue weighted by molar-refractivity contribution is 8.76. The van der Waals surface area contributed by atoms with E-state index >= 15 is 0 Å². The first-order chi connectivity index (χ1) is 6.61. The number of nitrogens with zero attached hydrogens (tertiary/aromatic N) is 2. The largest absolute Gasteiger partial charge is 0.480 e. The lowest BCUT2D eigenvalue weighted by Crippen LogP contribution is -2.33. The highest BCUT2D eigenvalue weighted by atomic mass is 33.1. The summed E-state index contributed by atoms with van der Waals surface area (Å²) in [7, 11) is 3.02. The van der Waals surface area contributed by atoms with Crippen LogP contribution in [0.4, 0.5) is 0 Å². The summed E-state index contributed by atoms with van der Waals surface area (Å²) in [5.41, 5.74) is 11.9. The Morgan fingerprint density at radius 2 is 2.43 bits per heavy atom. The quantitative estimate of drug-likeness (QED) is 0.343. The molecule has 0 radical (unpaired) electrons. The molecule has 2 atom stereocenters. The average molecular weight is 237 g/mol. The van der Waals surface area contributed by atoms with Crippen molar-refractivity contribution in [1.82, 2.24) is 4.91 Å². The molecular formula is C6H13N4O2S2+. The van der Waals surface area contributed by atoms with Crippen LogP contribution < -0.4 is 10.6 Å². The van der Waals surface area contributed by atoms with E-state index in [4.69, 9.17) is 16.4 Å². The van der Waals surface area contributed by atoms with Gasteiger partial charge in [-0.15, -0.1) is 0 Å². The van der Waals surface area contributed by atoms with E-state index in [2.05, 4.69) is 10.0 Å². The molecule has 0 aliphatic rings. The first-order valence-corrected chi connectivity index (χ1v) is 6.45. The van der Waals surface area contributed by atoms with Crippen LogP contribution in [-0.4, -0.2) is 35.2 Å². The van der Waals surface area contributed by atoms with Gasteiger partial charge in [-0.1, -0.05) is 21.6 Å².